The van der Waals surface area contributed by atoms with Crippen molar-refractivity contribution >= 4 is 11.9 Å². The van der Waals surface area contributed by atoms with Crippen LogP contribution < -0.4 is 19.7 Å². The Balaban J connectivity index is 2.29. The second-order valence-corrected chi connectivity index (χ2v) is 6.33. The van der Waals surface area contributed by atoms with Gasteiger partial charge in [0.15, 0.2) is 11.6 Å². The molecule has 0 fully saturated rings. The molecule has 0 aliphatic rings. The summed E-state index contributed by atoms with van der Waals surface area (Å²) in [6.45, 7) is 2.37. The third kappa shape index (κ3) is 6.67. The number of methoxy groups -OCH3 is 2. The van der Waals surface area contributed by atoms with E-state index in [1.807, 2.05) is 6.92 Å². The number of aromatic nitrogens is 2. The topological polar surface area (TPSA) is 85.8 Å². The van der Waals surface area contributed by atoms with Crippen molar-refractivity contribution in [2.24, 2.45) is 0 Å². The van der Waals surface area contributed by atoms with Crippen molar-refractivity contribution in [2.45, 2.75) is 19.3 Å². The highest BCUT2D eigenvalue weighted by atomic mass is 19.4. The fourth-order valence-electron chi connectivity index (χ4n) is 2.51. The van der Waals surface area contributed by atoms with E-state index in [9.17, 15) is 22.4 Å². The lowest BCUT2D eigenvalue weighted by Gasteiger charge is -2.20. The van der Waals surface area contributed by atoms with Crippen molar-refractivity contribution < 1.29 is 36.6 Å². The number of nitrogens with one attached hydrogen (secondary N) is 1. The largest absolute Gasteiger partial charge is 0.573 e. The van der Waals surface area contributed by atoms with Gasteiger partial charge in [-0.1, -0.05) is 6.07 Å². The van der Waals surface area contributed by atoms with Gasteiger partial charge in [-0.3, -0.25) is 4.79 Å². The summed E-state index contributed by atoms with van der Waals surface area (Å²) >= 11 is 0. The summed E-state index contributed by atoms with van der Waals surface area (Å²) in [6.07, 6.45) is -5.03. The first-order valence-electron chi connectivity index (χ1n) is 9.07. The van der Waals surface area contributed by atoms with Gasteiger partial charge >= 0.3 is 6.36 Å². The minimum atomic E-state index is -5.03. The Morgan fingerprint density at radius 3 is 2.48 bits per heavy atom. The summed E-state index contributed by atoms with van der Waals surface area (Å²) in [5, 5.41) is 2.62. The lowest BCUT2D eigenvalue weighted by molar-refractivity contribution is -0.275. The number of benzene rings is 1. The maximum atomic E-state index is 14.1. The fourth-order valence-corrected chi connectivity index (χ4v) is 2.51. The van der Waals surface area contributed by atoms with E-state index in [-0.39, 0.29) is 29.7 Å². The van der Waals surface area contributed by atoms with Gasteiger partial charge in [0.2, 0.25) is 11.8 Å². The number of ether oxygens (including phenoxy) is 3. The Hall–Kier alpha value is -3.15. The first kappa shape index (κ1) is 24.1. The highest BCUT2D eigenvalue weighted by molar-refractivity contribution is 5.93. The lowest BCUT2D eigenvalue weighted by atomic mass is 10.1. The van der Waals surface area contributed by atoms with E-state index in [1.54, 1.807) is 11.9 Å². The van der Waals surface area contributed by atoms with Crippen LogP contribution in [0.4, 0.5) is 23.5 Å². The normalized spacial score (nSPS) is 12.3. The number of nitrogens with zero attached hydrogens (tertiary/aromatic N) is 3. The van der Waals surface area contributed by atoms with Crippen LogP contribution in [0.5, 0.6) is 11.6 Å². The molecule has 1 amide bonds. The van der Waals surface area contributed by atoms with Crippen LogP contribution in [0.15, 0.2) is 24.3 Å². The van der Waals surface area contributed by atoms with E-state index in [0.29, 0.717) is 6.54 Å². The van der Waals surface area contributed by atoms with Crippen LogP contribution >= 0.6 is 0 Å². The van der Waals surface area contributed by atoms with Gasteiger partial charge in [-0.25, -0.2) is 9.37 Å². The summed E-state index contributed by atoms with van der Waals surface area (Å²) in [4.78, 5) is 22.8. The smallest absolute Gasteiger partial charge is 0.481 e. The molecule has 31 heavy (non-hydrogen) atoms. The van der Waals surface area contributed by atoms with Crippen LogP contribution in [0.1, 0.15) is 29.0 Å². The third-order valence-corrected chi connectivity index (χ3v) is 4.17. The Bertz CT molecular complexity index is 911. The van der Waals surface area contributed by atoms with Crippen LogP contribution in [-0.4, -0.2) is 56.7 Å². The zero-order chi connectivity index (χ0) is 23.2. The molecular formula is C19H22F4N4O4. The van der Waals surface area contributed by atoms with E-state index < -0.39 is 29.9 Å². The molecule has 0 aliphatic heterocycles. The highest BCUT2D eigenvalue weighted by Gasteiger charge is 2.32. The van der Waals surface area contributed by atoms with Crippen molar-refractivity contribution in [3.05, 3.63) is 41.3 Å². The second kappa shape index (κ2) is 10.2. The van der Waals surface area contributed by atoms with Gasteiger partial charge < -0.3 is 24.4 Å². The number of anilines is 1. The Labute approximate surface area is 176 Å². The van der Waals surface area contributed by atoms with Gasteiger partial charge in [0.25, 0.3) is 5.91 Å². The molecule has 1 atom stereocenters. The highest BCUT2D eigenvalue weighted by Crippen LogP contribution is 2.28. The molecule has 1 unspecified atom stereocenters. The minimum Gasteiger partial charge on any atom is -0.481 e. The van der Waals surface area contributed by atoms with Crippen molar-refractivity contribution in [3.63, 3.8) is 0 Å². The molecule has 2 rings (SSSR count). The molecule has 0 spiro atoms. The molecule has 0 bridgehead atoms. The Morgan fingerprint density at radius 1 is 1.23 bits per heavy atom. The number of amides is 1. The molecule has 8 nitrogen and oxygen atoms in total. The summed E-state index contributed by atoms with van der Waals surface area (Å²) in [7, 11) is 4.48. The summed E-state index contributed by atoms with van der Waals surface area (Å²) in [5.74, 6) is -2.43. The molecule has 1 aromatic carbocycles. The molecule has 0 saturated heterocycles. The molecule has 12 heteroatoms. The quantitative estimate of drug-likeness (QED) is 0.593. The van der Waals surface area contributed by atoms with E-state index in [1.165, 1.54) is 26.4 Å². The number of carbonyl (C=O) groups is 1. The molecule has 0 saturated carbocycles. The van der Waals surface area contributed by atoms with Crippen molar-refractivity contribution in [1.82, 2.24) is 15.3 Å². The van der Waals surface area contributed by atoms with E-state index in [2.05, 4.69) is 20.0 Å². The first-order valence-corrected chi connectivity index (χ1v) is 9.07. The van der Waals surface area contributed by atoms with E-state index >= 15 is 0 Å². The number of rotatable bonds is 9. The van der Waals surface area contributed by atoms with Gasteiger partial charge in [-0.2, -0.15) is 4.98 Å². The van der Waals surface area contributed by atoms with Crippen molar-refractivity contribution in [2.75, 3.05) is 39.3 Å². The summed E-state index contributed by atoms with van der Waals surface area (Å²) < 4.78 is 64.9. The zero-order valence-electron chi connectivity index (χ0n) is 17.3. The fraction of sp³-hybridized carbons (Fsp3) is 0.421. The average molecular weight is 446 g/mol. The van der Waals surface area contributed by atoms with Gasteiger partial charge in [0, 0.05) is 26.8 Å². The zero-order valence-corrected chi connectivity index (χ0v) is 17.3. The molecule has 170 valence electrons. The molecule has 1 heterocycles. The predicted octanol–water partition coefficient (Wildman–Crippen LogP) is 3.10. The van der Waals surface area contributed by atoms with Crippen LogP contribution in [0.2, 0.25) is 0 Å². The summed E-state index contributed by atoms with van der Waals surface area (Å²) in [6, 6.07) is 3.31. The number of alkyl halides is 3. The maximum Gasteiger partial charge on any atom is 0.573 e. The van der Waals surface area contributed by atoms with E-state index in [4.69, 9.17) is 9.47 Å². The molecular weight excluding hydrogens is 424 g/mol. The number of halogens is 4. The first-order chi connectivity index (χ1) is 14.6. The number of hydrogen-bond acceptors (Lipinski definition) is 7. The van der Waals surface area contributed by atoms with Gasteiger partial charge in [0.1, 0.15) is 5.69 Å². The van der Waals surface area contributed by atoms with E-state index in [0.717, 1.165) is 12.1 Å². The summed E-state index contributed by atoms with van der Waals surface area (Å²) in [5.41, 5.74) is 0.162. The van der Waals surface area contributed by atoms with Crippen molar-refractivity contribution in [1.29, 1.82) is 0 Å². The molecule has 2 aromatic rings. The van der Waals surface area contributed by atoms with Gasteiger partial charge in [0.05, 0.1) is 19.8 Å². The molecule has 0 radical (unpaired) electrons. The standard InChI is InChI=1S/C19H22F4N4O4/c1-5-27(2)18-25-13(9-16(26-18)30-4)17(28)24-14(10-29-3)11-6-7-15(12(20)8-11)31-19(21,22)23/h6-9,14H,5,10H2,1-4H3,(H,24,28). The number of hydrogen-bond donors (Lipinski definition) is 1. The minimum absolute atomic E-state index is 0.0132. The average Bonchev–Trinajstić information content (AvgIpc) is 2.72. The van der Waals surface area contributed by atoms with Crippen LogP contribution in [-0.2, 0) is 4.74 Å². The maximum absolute atomic E-state index is 14.1. The van der Waals surface area contributed by atoms with Gasteiger partial charge in [-0.15, -0.1) is 13.2 Å². The molecule has 0 aliphatic carbocycles. The Morgan fingerprint density at radius 2 is 1.94 bits per heavy atom. The van der Waals surface area contributed by atoms with Crippen LogP contribution in [0, 0.1) is 5.82 Å². The molecule has 1 N–H and O–H groups in total. The second-order valence-electron chi connectivity index (χ2n) is 6.33. The third-order valence-electron chi connectivity index (χ3n) is 4.17. The van der Waals surface area contributed by atoms with Crippen molar-refractivity contribution in [3.8, 4) is 11.6 Å². The Kier molecular flexibility index (Phi) is 7.97. The number of carbonyl (C=O) groups excluding carboxylic acids is 1. The predicted molar refractivity (Wildman–Crippen MR) is 103 cm³/mol. The lowest BCUT2D eigenvalue weighted by Crippen LogP contribution is -2.32. The molecule has 1 aromatic heterocycles. The SMILES string of the molecule is CCN(C)c1nc(OC)cc(C(=O)NC(COC)c2ccc(OC(F)(F)F)c(F)c2)n1. The van der Waals surface area contributed by atoms with Crippen LogP contribution in [0.3, 0.4) is 0 Å². The van der Waals surface area contributed by atoms with Gasteiger partial charge in [-0.05, 0) is 24.6 Å². The van der Waals surface area contributed by atoms with Crippen LogP contribution in [0.25, 0.3) is 0 Å². The monoisotopic (exact) mass is 446 g/mol.